The third-order valence-electron chi connectivity index (χ3n) is 8.77. The number of amides is 4. The maximum absolute atomic E-state index is 14.1. The Morgan fingerprint density at radius 2 is 1.58 bits per heavy atom. The third kappa shape index (κ3) is 7.18. The van der Waals surface area contributed by atoms with Crippen LogP contribution in [0.5, 0.6) is 0 Å². The molecule has 0 radical (unpaired) electrons. The predicted octanol–water partition coefficient (Wildman–Crippen LogP) is 3.87. The molecule has 4 amide bonds. The Kier molecular flexibility index (Phi) is 10.1. The summed E-state index contributed by atoms with van der Waals surface area (Å²) in [5, 5.41) is 9.60. The average Bonchev–Trinajstić information content (AvgIpc) is 3.38. The molecule has 10 heteroatoms. The van der Waals surface area contributed by atoms with Crippen molar-refractivity contribution in [3.63, 3.8) is 0 Å². The van der Waals surface area contributed by atoms with Gasteiger partial charge in [-0.25, -0.2) is 4.79 Å². The molecular weight excluding hydrogens is 546 g/mol. The van der Waals surface area contributed by atoms with Gasteiger partial charge in [0.2, 0.25) is 17.7 Å². The number of aromatic amines is 1. The van der Waals surface area contributed by atoms with Crippen LogP contribution in [0.25, 0.3) is 10.9 Å². The molecule has 0 saturated heterocycles. The van der Waals surface area contributed by atoms with E-state index in [9.17, 15) is 19.2 Å². The second-order valence-corrected chi connectivity index (χ2v) is 11.7. The summed E-state index contributed by atoms with van der Waals surface area (Å²) in [4.78, 5) is 56.7. The van der Waals surface area contributed by atoms with Crippen molar-refractivity contribution < 1.29 is 23.9 Å². The number of primary amides is 1. The molecule has 0 spiro atoms. The van der Waals surface area contributed by atoms with Gasteiger partial charge in [-0.15, -0.1) is 0 Å². The molecule has 1 aliphatic carbocycles. The molecule has 5 atom stereocenters. The molecule has 1 heterocycles. The molecule has 0 aliphatic heterocycles. The maximum Gasteiger partial charge on any atom is 0.408 e. The maximum atomic E-state index is 14.1. The van der Waals surface area contributed by atoms with Crippen molar-refractivity contribution in [3.8, 4) is 0 Å². The summed E-state index contributed by atoms with van der Waals surface area (Å²) in [6.45, 7) is 7.61. The van der Waals surface area contributed by atoms with E-state index in [0.717, 1.165) is 27.7 Å². The van der Waals surface area contributed by atoms with E-state index >= 15 is 0 Å². The Labute approximate surface area is 252 Å². The highest BCUT2D eigenvalue weighted by molar-refractivity contribution is 5.98. The van der Waals surface area contributed by atoms with E-state index in [2.05, 4.69) is 20.9 Å². The lowest BCUT2D eigenvalue weighted by Crippen LogP contribution is -2.67. The van der Waals surface area contributed by atoms with Crippen LogP contribution >= 0.6 is 0 Å². The van der Waals surface area contributed by atoms with Gasteiger partial charge in [-0.1, -0.05) is 89.1 Å². The molecule has 2 aromatic carbocycles. The average molecular weight is 590 g/mol. The van der Waals surface area contributed by atoms with Crippen LogP contribution in [0.2, 0.25) is 0 Å². The van der Waals surface area contributed by atoms with Crippen molar-refractivity contribution >= 4 is 34.7 Å². The molecule has 10 nitrogen and oxygen atoms in total. The number of aromatic nitrogens is 1. The van der Waals surface area contributed by atoms with Gasteiger partial charge in [0.25, 0.3) is 0 Å². The standard InChI is InChI=1S/C33H43N5O5/c1-5-20(3)27(29(34)39)36-31(41)33(17-16-26-24(18-33)23-14-10-11-15-25(23)35-26)38-30(40)28(21(4)6-2)37-32(42)43-19-22-12-8-7-9-13-22/h7-15,20-21,27-28,35H,5-6,16-19H2,1-4H3,(H2,34,39)(H,36,41)(H,37,42)(H,38,40)/t20-,21-,27-,28-,33-/m0/s1. The minimum Gasteiger partial charge on any atom is -0.445 e. The summed E-state index contributed by atoms with van der Waals surface area (Å²) in [5.74, 6) is -2.06. The number of benzene rings is 2. The van der Waals surface area contributed by atoms with Crippen LogP contribution in [0.1, 0.15) is 63.8 Å². The van der Waals surface area contributed by atoms with Gasteiger partial charge in [0.1, 0.15) is 24.2 Å². The summed E-state index contributed by atoms with van der Waals surface area (Å²) >= 11 is 0. The fourth-order valence-electron chi connectivity index (χ4n) is 5.67. The van der Waals surface area contributed by atoms with Gasteiger partial charge in [0.15, 0.2) is 0 Å². The van der Waals surface area contributed by atoms with Crippen LogP contribution in [-0.4, -0.2) is 46.4 Å². The van der Waals surface area contributed by atoms with Gasteiger partial charge in [0.05, 0.1) is 0 Å². The lowest BCUT2D eigenvalue weighted by molar-refractivity contribution is -0.137. The first-order valence-corrected chi connectivity index (χ1v) is 15.1. The summed E-state index contributed by atoms with van der Waals surface area (Å²) in [6, 6.07) is 15.2. The summed E-state index contributed by atoms with van der Waals surface area (Å²) < 4.78 is 5.40. The minimum absolute atomic E-state index is 0.0569. The number of hydrogen-bond acceptors (Lipinski definition) is 5. The number of fused-ring (bicyclic) bond motifs is 3. The van der Waals surface area contributed by atoms with Gasteiger partial charge in [-0.3, -0.25) is 14.4 Å². The highest BCUT2D eigenvalue weighted by Gasteiger charge is 2.46. The SMILES string of the molecule is CC[C@H](C)[C@H](NC(=O)[C@]1(NC(=O)[C@@H](NC(=O)OCc2ccccc2)[C@@H](C)CC)CCc2[nH]c3ccccc3c2C1)C(N)=O. The highest BCUT2D eigenvalue weighted by Crippen LogP contribution is 2.35. The normalized spacial score (nSPS) is 18.9. The summed E-state index contributed by atoms with van der Waals surface area (Å²) in [6.07, 6.45) is 1.51. The molecule has 230 valence electrons. The Morgan fingerprint density at radius 3 is 2.26 bits per heavy atom. The summed E-state index contributed by atoms with van der Waals surface area (Å²) in [7, 11) is 0. The molecule has 0 unspecified atom stereocenters. The van der Waals surface area contributed by atoms with Crippen LogP contribution in [0.3, 0.4) is 0 Å². The van der Waals surface area contributed by atoms with E-state index in [0.29, 0.717) is 25.7 Å². The lowest BCUT2D eigenvalue weighted by atomic mass is 9.78. The number of nitrogens with one attached hydrogen (secondary N) is 4. The number of nitrogens with two attached hydrogens (primary N) is 1. The number of para-hydroxylation sites is 1. The lowest BCUT2D eigenvalue weighted by Gasteiger charge is -2.39. The molecule has 0 fully saturated rings. The molecule has 6 N–H and O–H groups in total. The van der Waals surface area contributed by atoms with Crippen molar-refractivity contribution in [2.45, 2.75) is 84.0 Å². The molecule has 4 rings (SSSR count). The number of aryl methyl sites for hydroxylation is 1. The predicted molar refractivity (Wildman–Crippen MR) is 165 cm³/mol. The fourth-order valence-corrected chi connectivity index (χ4v) is 5.67. The number of ether oxygens (including phenoxy) is 1. The third-order valence-corrected chi connectivity index (χ3v) is 8.77. The van der Waals surface area contributed by atoms with Crippen molar-refractivity contribution in [3.05, 3.63) is 71.4 Å². The smallest absolute Gasteiger partial charge is 0.408 e. The summed E-state index contributed by atoms with van der Waals surface area (Å²) in [5.41, 5.74) is 8.03. The second-order valence-electron chi connectivity index (χ2n) is 11.7. The van der Waals surface area contributed by atoms with Gasteiger partial charge in [-0.2, -0.15) is 0 Å². The van der Waals surface area contributed by atoms with Crippen molar-refractivity contribution in [2.24, 2.45) is 17.6 Å². The molecule has 3 aromatic rings. The molecular formula is C33H43N5O5. The number of alkyl carbamates (subject to hydrolysis) is 1. The first-order valence-electron chi connectivity index (χ1n) is 15.1. The first-order chi connectivity index (χ1) is 20.6. The molecule has 0 bridgehead atoms. The van der Waals surface area contributed by atoms with Crippen molar-refractivity contribution in [2.75, 3.05) is 0 Å². The largest absolute Gasteiger partial charge is 0.445 e. The van der Waals surface area contributed by atoms with Gasteiger partial charge < -0.3 is 31.4 Å². The van der Waals surface area contributed by atoms with Crippen molar-refractivity contribution in [1.29, 1.82) is 0 Å². The number of hydrogen-bond donors (Lipinski definition) is 5. The van der Waals surface area contributed by atoms with Crippen LogP contribution in [0.4, 0.5) is 4.79 Å². The van der Waals surface area contributed by atoms with Gasteiger partial charge in [-0.05, 0) is 41.9 Å². The topological polar surface area (TPSA) is 155 Å². The van der Waals surface area contributed by atoms with E-state index in [1.54, 1.807) is 0 Å². The first kappa shape index (κ1) is 31.6. The minimum atomic E-state index is -1.38. The Bertz CT molecular complexity index is 1450. The molecule has 1 aliphatic rings. The molecule has 43 heavy (non-hydrogen) atoms. The van der Waals surface area contributed by atoms with Crippen LogP contribution in [0, 0.1) is 11.8 Å². The highest BCUT2D eigenvalue weighted by atomic mass is 16.5. The quantitative estimate of drug-likeness (QED) is 0.217. The van der Waals surface area contributed by atoms with Gasteiger partial charge >= 0.3 is 6.09 Å². The zero-order valence-electron chi connectivity index (χ0n) is 25.4. The number of rotatable bonds is 12. The van der Waals surface area contributed by atoms with Crippen molar-refractivity contribution in [1.82, 2.24) is 20.9 Å². The zero-order valence-corrected chi connectivity index (χ0v) is 25.4. The van der Waals surface area contributed by atoms with Crippen LogP contribution in [0.15, 0.2) is 54.6 Å². The van der Waals surface area contributed by atoms with Crippen LogP contribution < -0.4 is 21.7 Å². The number of carbonyl (C=O) groups excluding carboxylic acids is 4. The molecule has 0 saturated carbocycles. The monoisotopic (exact) mass is 589 g/mol. The second kappa shape index (κ2) is 13.8. The number of H-pyrrole nitrogens is 1. The van der Waals surface area contributed by atoms with Crippen LogP contribution in [-0.2, 0) is 38.6 Å². The fraction of sp³-hybridized carbons (Fsp3) is 0.455. The number of carbonyl (C=O) groups is 4. The van der Waals surface area contributed by atoms with E-state index in [1.165, 1.54) is 0 Å². The Morgan fingerprint density at radius 1 is 0.930 bits per heavy atom. The van der Waals surface area contributed by atoms with Gasteiger partial charge in [0, 0.05) is 23.0 Å². The van der Waals surface area contributed by atoms with E-state index < -0.39 is 41.4 Å². The van der Waals surface area contributed by atoms with E-state index in [-0.39, 0.29) is 24.9 Å². The molecule has 1 aromatic heterocycles. The van der Waals surface area contributed by atoms with E-state index in [1.807, 2.05) is 82.3 Å². The Hall–Kier alpha value is -4.34. The Balaban J connectivity index is 1.62. The zero-order chi connectivity index (χ0) is 31.1. The van der Waals surface area contributed by atoms with E-state index in [4.69, 9.17) is 10.5 Å².